The minimum Gasteiger partial charge on any atom is -0.494 e. The molecule has 0 aromatic heterocycles. The highest BCUT2D eigenvalue weighted by Crippen LogP contribution is 2.31. The maximum absolute atomic E-state index is 13.1. The predicted molar refractivity (Wildman–Crippen MR) is 145 cm³/mol. The second-order valence-corrected chi connectivity index (χ2v) is 11.6. The summed E-state index contributed by atoms with van der Waals surface area (Å²) in [5, 5.41) is 15.9. The number of ether oxygens (including phenoxy) is 1. The summed E-state index contributed by atoms with van der Waals surface area (Å²) >= 11 is 0. The summed E-state index contributed by atoms with van der Waals surface area (Å²) in [6, 6.07) is 9.91. The monoisotopic (exact) mass is 608 g/mol. The van der Waals surface area contributed by atoms with Gasteiger partial charge < -0.3 is 9.84 Å². The van der Waals surface area contributed by atoms with E-state index in [1.807, 2.05) is 6.92 Å². The van der Waals surface area contributed by atoms with Crippen molar-refractivity contribution in [2.24, 2.45) is 10.2 Å². The summed E-state index contributed by atoms with van der Waals surface area (Å²) in [4.78, 5) is 37.1. The van der Waals surface area contributed by atoms with Crippen LogP contribution in [0.5, 0.6) is 5.75 Å². The number of carboxylic acids is 1. The molecule has 0 fully saturated rings. The van der Waals surface area contributed by atoms with Gasteiger partial charge in [-0.15, -0.1) is 0 Å². The van der Waals surface area contributed by atoms with Gasteiger partial charge in [0.1, 0.15) is 11.1 Å². The van der Waals surface area contributed by atoms with E-state index in [0.29, 0.717) is 11.8 Å². The van der Waals surface area contributed by atoms with Gasteiger partial charge >= 0.3 is 16.4 Å². The van der Waals surface area contributed by atoms with Crippen molar-refractivity contribution in [2.75, 3.05) is 30.3 Å². The molecule has 0 saturated heterocycles. The van der Waals surface area contributed by atoms with E-state index in [4.69, 9.17) is 9.29 Å². The third-order valence-corrected chi connectivity index (χ3v) is 7.76. The van der Waals surface area contributed by atoms with Crippen LogP contribution in [-0.2, 0) is 24.4 Å². The number of rotatable bonds is 11. The fourth-order valence-electron chi connectivity index (χ4n) is 3.48. The Morgan fingerprint density at radius 1 is 0.951 bits per heavy atom. The van der Waals surface area contributed by atoms with Gasteiger partial charge in [-0.2, -0.15) is 18.6 Å². The van der Waals surface area contributed by atoms with Crippen LogP contribution in [0.1, 0.15) is 21.5 Å². The van der Waals surface area contributed by atoms with E-state index in [2.05, 4.69) is 25.2 Å². The third kappa shape index (κ3) is 7.82. The van der Waals surface area contributed by atoms with Gasteiger partial charge in [0.05, 0.1) is 41.3 Å². The first kappa shape index (κ1) is 31.1. The Kier molecular flexibility index (Phi) is 9.38. The number of aromatic carboxylic acids is 1. The standard InChI is InChI=1S/C24H24N4O11S2/c1-13-4-6-15(7-5-13)25-27-21-16(24(31)32)11-18(29)22(23(21)30)28-26-17-10-14(2)20(12-19(17)38-3)40(33,34)9-8-39-41(35,36)37/h4-7,10-12,25-26H,8-9H2,1-3H3,(H,31,32)(H,35,36,37). The quantitative estimate of drug-likeness (QED) is 0.167. The largest absolute Gasteiger partial charge is 0.494 e. The van der Waals surface area contributed by atoms with Gasteiger partial charge in [0.25, 0.3) is 0 Å². The van der Waals surface area contributed by atoms with Crippen LogP contribution in [0.3, 0.4) is 0 Å². The van der Waals surface area contributed by atoms with E-state index in [1.165, 1.54) is 20.1 Å². The van der Waals surface area contributed by atoms with Gasteiger partial charge in [-0.3, -0.25) is 25.0 Å². The van der Waals surface area contributed by atoms with Crippen LogP contribution >= 0.6 is 0 Å². The Balaban J connectivity index is 2.04. The molecule has 0 saturated carbocycles. The van der Waals surface area contributed by atoms with Crippen LogP contribution in [0.4, 0.5) is 11.4 Å². The van der Waals surface area contributed by atoms with E-state index >= 15 is 0 Å². The van der Waals surface area contributed by atoms with Crippen molar-refractivity contribution >= 4 is 37.6 Å². The van der Waals surface area contributed by atoms with Crippen LogP contribution in [0.15, 0.2) is 67.2 Å². The summed E-state index contributed by atoms with van der Waals surface area (Å²) in [7, 11) is -7.73. The maximum atomic E-state index is 13.1. The topological polar surface area (TPSA) is 227 Å². The highest BCUT2D eigenvalue weighted by atomic mass is 32.3. The molecule has 4 N–H and O–H groups in total. The molecule has 0 radical (unpaired) electrons. The number of nitrogens with zero attached hydrogens (tertiary/aromatic N) is 2. The maximum Gasteiger partial charge on any atom is 0.397 e. The summed E-state index contributed by atoms with van der Waals surface area (Å²) in [5.41, 5.74) is 3.90. The lowest BCUT2D eigenvalue weighted by Crippen LogP contribution is -2.50. The lowest BCUT2D eigenvalue weighted by atomic mass is 10.2. The van der Waals surface area contributed by atoms with E-state index in [0.717, 1.165) is 11.6 Å². The van der Waals surface area contributed by atoms with Crippen molar-refractivity contribution in [1.82, 2.24) is 0 Å². The summed E-state index contributed by atoms with van der Waals surface area (Å²) in [5.74, 6) is -2.42. The first-order valence-corrected chi connectivity index (χ1v) is 14.5. The second-order valence-electron chi connectivity index (χ2n) is 8.45. The number of carbonyl (C=O) groups is 1. The molecule has 17 heteroatoms. The molecule has 0 atom stereocenters. The molecule has 0 aliphatic rings. The van der Waals surface area contributed by atoms with Gasteiger partial charge in [-0.05, 0) is 37.6 Å². The Morgan fingerprint density at radius 3 is 2.17 bits per heavy atom. The zero-order valence-electron chi connectivity index (χ0n) is 21.7. The lowest BCUT2D eigenvalue weighted by Gasteiger charge is -2.13. The van der Waals surface area contributed by atoms with Gasteiger partial charge in [-0.1, -0.05) is 17.7 Å². The number of benzene rings is 3. The normalized spacial score (nSPS) is 12.8. The van der Waals surface area contributed by atoms with Gasteiger partial charge in [0, 0.05) is 12.1 Å². The number of sulfone groups is 1. The van der Waals surface area contributed by atoms with Crippen molar-refractivity contribution < 1.29 is 40.2 Å². The van der Waals surface area contributed by atoms with E-state index < -0.39 is 65.7 Å². The van der Waals surface area contributed by atoms with Crippen molar-refractivity contribution in [3.05, 3.63) is 90.3 Å². The third-order valence-electron chi connectivity index (χ3n) is 5.48. The molecular weight excluding hydrogens is 584 g/mol. The number of nitrogens with one attached hydrogen (secondary N) is 2. The molecule has 0 aliphatic heterocycles. The Morgan fingerprint density at radius 2 is 1.59 bits per heavy atom. The lowest BCUT2D eigenvalue weighted by molar-refractivity contribution is 0.0694. The molecule has 218 valence electrons. The molecular formula is C24H24N4O11S2. The number of hydrogen-bond donors (Lipinski definition) is 4. The molecule has 0 heterocycles. The molecule has 15 nitrogen and oxygen atoms in total. The fourth-order valence-corrected chi connectivity index (χ4v) is 5.24. The number of methoxy groups -OCH3 is 1. The minimum absolute atomic E-state index is 0.0375. The highest BCUT2D eigenvalue weighted by Gasteiger charge is 2.22. The smallest absolute Gasteiger partial charge is 0.397 e. The Bertz CT molecular complexity index is 1930. The van der Waals surface area contributed by atoms with Crippen LogP contribution in [0.2, 0.25) is 0 Å². The molecule has 0 amide bonds. The van der Waals surface area contributed by atoms with Crippen molar-refractivity contribution in [3.8, 4) is 5.75 Å². The molecule has 3 aromatic rings. The van der Waals surface area contributed by atoms with E-state index in [9.17, 15) is 36.3 Å². The van der Waals surface area contributed by atoms with E-state index in [1.54, 1.807) is 24.3 Å². The van der Waals surface area contributed by atoms with Gasteiger partial charge in [-0.25, -0.2) is 17.4 Å². The second kappa shape index (κ2) is 12.4. The van der Waals surface area contributed by atoms with Crippen molar-refractivity contribution in [2.45, 2.75) is 18.7 Å². The van der Waals surface area contributed by atoms with E-state index in [-0.39, 0.29) is 21.9 Å². The summed E-state index contributed by atoms with van der Waals surface area (Å²) in [6.45, 7) is 2.43. The number of aryl methyl sites for hydroxylation is 2. The summed E-state index contributed by atoms with van der Waals surface area (Å²) < 4.78 is 64.7. The minimum atomic E-state index is -4.84. The Labute approximate surface area is 233 Å². The number of anilines is 2. The average Bonchev–Trinajstić information content (AvgIpc) is 2.87. The summed E-state index contributed by atoms with van der Waals surface area (Å²) in [6.07, 6.45) is 0. The van der Waals surface area contributed by atoms with Crippen molar-refractivity contribution in [1.29, 1.82) is 0 Å². The molecule has 3 rings (SSSR count). The Hall–Kier alpha value is -4.45. The zero-order valence-corrected chi connectivity index (χ0v) is 23.4. The zero-order chi connectivity index (χ0) is 30.5. The molecule has 41 heavy (non-hydrogen) atoms. The van der Waals surface area contributed by atoms with Crippen LogP contribution in [-0.4, -0.2) is 51.9 Å². The molecule has 0 bridgehead atoms. The first-order chi connectivity index (χ1) is 19.1. The van der Waals surface area contributed by atoms with Gasteiger partial charge in [0.2, 0.25) is 10.9 Å². The fraction of sp³-hybridized carbons (Fsp3) is 0.208. The molecule has 0 unspecified atom stereocenters. The van der Waals surface area contributed by atoms with Crippen LogP contribution < -0.4 is 37.2 Å². The van der Waals surface area contributed by atoms with Crippen molar-refractivity contribution in [3.63, 3.8) is 0 Å². The van der Waals surface area contributed by atoms with Crippen LogP contribution in [0.25, 0.3) is 0 Å². The number of hydrogen-bond acceptors (Lipinski definition) is 13. The molecule has 3 aromatic carbocycles. The number of carboxylic acid groups (broad SMARTS) is 1. The predicted octanol–water partition coefficient (Wildman–Crippen LogP) is 0.0549. The SMILES string of the molecule is COc1cc(S(=O)(=O)CCOS(=O)(=O)O)c(C)cc1NN=c1c(=O)cc(C(=O)O)c(=NNc2ccc(C)cc2)c1=O. The first-order valence-electron chi connectivity index (χ1n) is 11.4. The van der Waals surface area contributed by atoms with Gasteiger partial charge in [0.15, 0.2) is 15.2 Å². The average molecular weight is 609 g/mol. The van der Waals surface area contributed by atoms with Crippen LogP contribution in [0, 0.1) is 13.8 Å². The molecule has 0 aliphatic carbocycles. The molecule has 0 spiro atoms. The highest BCUT2D eigenvalue weighted by molar-refractivity contribution is 7.91.